The fraction of sp³-hybridized carbons (Fsp3) is 0.193. The number of halogens is 3. The second-order valence-electron chi connectivity index (χ2n) is 16.6. The van der Waals surface area contributed by atoms with Crippen LogP contribution >= 0.6 is 0 Å². The average molecular weight is 1150 g/mol. The van der Waals surface area contributed by atoms with E-state index in [1.54, 1.807) is 6.34 Å². The van der Waals surface area contributed by atoms with Gasteiger partial charge in [-0.05, 0) is 80.9 Å². The summed E-state index contributed by atoms with van der Waals surface area (Å²) < 4.78 is 27.6. The van der Waals surface area contributed by atoms with Crippen LogP contribution in [0, 0.1) is 17.8 Å². The van der Waals surface area contributed by atoms with Crippen molar-refractivity contribution in [1.82, 2.24) is 4.90 Å². The molecule has 4 aliphatic rings. The third-order valence-corrected chi connectivity index (χ3v) is 11.9. The number of alkyl halides is 1. The molecule has 0 spiro atoms. The van der Waals surface area contributed by atoms with Crippen LogP contribution in [-0.2, 0) is 24.5 Å². The minimum Gasteiger partial charge on any atom is -1.00 e. The maximum absolute atomic E-state index is 10.7. The summed E-state index contributed by atoms with van der Waals surface area (Å²) in [7, 11) is -1.00. The van der Waals surface area contributed by atoms with Crippen molar-refractivity contribution in [3.63, 3.8) is 0 Å². The molecule has 9 rings (SSSR count). The quantitative estimate of drug-likeness (QED) is 0.0261. The number of carbonyl (C=O) groups is 2. The molecule has 1 fully saturated rings. The number of benzene rings is 5. The molecule has 5 aromatic carbocycles. The van der Waals surface area contributed by atoms with E-state index in [1.807, 2.05) is 97.2 Å². The van der Waals surface area contributed by atoms with Crippen molar-refractivity contribution in [3.05, 3.63) is 217 Å². The number of nitrogens with one attached hydrogen (secondary N) is 2. The maximum atomic E-state index is 10.7. The fourth-order valence-electron chi connectivity index (χ4n) is 8.67. The van der Waals surface area contributed by atoms with Gasteiger partial charge < -0.3 is 73.0 Å². The summed E-state index contributed by atoms with van der Waals surface area (Å²) in [5.41, 5.74) is 11.1. The lowest BCUT2D eigenvalue weighted by Crippen LogP contribution is -3.00. The fourth-order valence-corrected chi connectivity index (χ4v) is 8.67. The van der Waals surface area contributed by atoms with Gasteiger partial charge in [-0.3, -0.25) is 14.0 Å². The number of nitrogens with zero attached hydrogens (tertiary/aromatic N) is 3. The summed E-state index contributed by atoms with van der Waals surface area (Å²) >= 11 is 0. The van der Waals surface area contributed by atoms with Crippen LogP contribution in [0.2, 0.25) is 0 Å². The first kappa shape index (κ1) is 53.6. The van der Waals surface area contributed by atoms with Crippen LogP contribution in [0.5, 0.6) is 0 Å². The highest BCUT2D eigenvalue weighted by Crippen LogP contribution is 2.57. The number of hydrogen-bond acceptors (Lipinski definition) is 7. The van der Waals surface area contributed by atoms with Crippen molar-refractivity contribution < 1.29 is 77.4 Å². The normalized spacial score (nSPS) is 15.5. The van der Waals surface area contributed by atoms with Gasteiger partial charge >= 0.3 is 0 Å². The number of fused-ring (bicyclic) bond motifs is 6. The molecule has 0 radical (unpaired) electrons. The van der Waals surface area contributed by atoms with Crippen molar-refractivity contribution in [2.45, 2.75) is 33.1 Å². The molecule has 2 aliphatic carbocycles. The Morgan fingerprint density at radius 1 is 0.812 bits per heavy atom. The lowest BCUT2D eigenvalue weighted by Gasteiger charge is -2.23. The number of rotatable bonds is 14. The minimum atomic E-state index is -1.00. The standard InChI is InChI=1S/C25H24N2O2.C18H19NO2.C13H12N2.CH3F.2HI/c1-25(2)23(14-15-26-20-9-4-3-5-10-20)27(16-17-29-18-28)22-13-12-19-8-6-7-11-21(19)24(22)25;1-13-18(2,3)17-15-7-5-4-6-14(15)8-9-16(17)19(13)10-11-21-12-20;1-3-7-12(8-4-1)14-11-15-13-9-5-2-6-10-13;1-2;;/h3-15,18H,16-17H2,1-2H3;4-9,12H,1,10-11H2,2-3H3;1-11H,(H,14,15);1H3;2*1H/q;+2;;;;/p-1/i;;;1D;;. The second kappa shape index (κ2) is 27.0. The molecule has 0 bridgehead atoms. The molecule has 356 valence electrons. The van der Waals surface area contributed by atoms with E-state index in [1.165, 1.54) is 44.8 Å². The van der Waals surface area contributed by atoms with E-state index in [-0.39, 0.29) is 58.8 Å². The van der Waals surface area contributed by atoms with Crippen molar-refractivity contribution in [2.24, 2.45) is 10.4 Å². The van der Waals surface area contributed by atoms with Crippen LogP contribution < -0.4 is 58.6 Å². The first-order valence-corrected chi connectivity index (χ1v) is 22.1. The molecule has 2 N–H and O–H groups in total. The Morgan fingerprint density at radius 3 is 2.09 bits per heavy atom. The highest BCUT2D eigenvalue weighted by Gasteiger charge is 2.57. The Labute approximate surface area is 442 Å². The Bertz CT molecular complexity index is 2740. The van der Waals surface area contributed by atoms with Crippen molar-refractivity contribution in [3.8, 4) is 0 Å². The van der Waals surface area contributed by atoms with Gasteiger partial charge in [-0.2, -0.15) is 4.58 Å². The van der Waals surface area contributed by atoms with Crippen LogP contribution in [0.3, 0.4) is 0 Å². The number of ether oxygens (including phenoxy) is 2. The molecule has 0 saturated carbocycles. The van der Waals surface area contributed by atoms with Gasteiger partial charge in [0, 0.05) is 47.1 Å². The first-order valence-electron chi connectivity index (χ1n) is 22.8. The van der Waals surface area contributed by atoms with Crippen molar-refractivity contribution >= 4 is 58.5 Å². The third kappa shape index (κ3) is 13.4. The maximum Gasteiger partial charge on any atom is 0.293 e. The summed E-state index contributed by atoms with van der Waals surface area (Å²) in [5.74, 6) is 1.30. The largest absolute Gasteiger partial charge is 1.00 e. The zero-order valence-electron chi connectivity index (χ0n) is 40.3. The van der Waals surface area contributed by atoms with Gasteiger partial charge in [0.25, 0.3) is 12.9 Å². The van der Waals surface area contributed by atoms with Gasteiger partial charge in [0.2, 0.25) is 5.69 Å². The monoisotopic (exact) mass is 1150 g/mol. The van der Waals surface area contributed by atoms with Gasteiger partial charge in [0.1, 0.15) is 31.3 Å². The number of likely N-dealkylation sites (tertiary alicyclic amines) is 1. The third-order valence-electron chi connectivity index (χ3n) is 11.9. The SMILES string of the molecule is C(=Nc1ccccc1)Nc1ccccc1.C=C1N(CCOC=O)C2=CC=C3[CH+]C=CC=C3[C+]2C1(C)C.CC1(C)C(/C=C/Nc2ccccc2)=[N+](CCOC=O)c2ccc3ccccc3c21.[2H]CF.[I-].[I-]. The summed E-state index contributed by atoms with van der Waals surface area (Å²) in [4.78, 5) is 27.4. The Balaban J connectivity index is 0.000000229. The number of para-hydroxylation sites is 3. The second-order valence-corrected chi connectivity index (χ2v) is 16.6. The molecule has 1 saturated heterocycles. The lowest BCUT2D eigenvalue weighted by atomic mass is 9.69. The molecular formula is C57H59FI2N5O4+. The molecule has 9 nitrogen and oxygen atoms in total. The highest BCUT2D eigenvalue weighted by molar-refractivity contribution is 6.07. The Kier molecular flexibility index (Phi) is 20.9. The zero-order valence-corrected chi connectivity index (χ0v) is 43.6. The topological polar surface area (TPSA) is 95.3 Å². The molecular weight excluding hydrogens is 1090 g/mol. The zero-order chi connectivity index (χ0) is 48.4. The number of aliphatic imine (C=N–C) groups is 1. The highest BCUT2D eigenvalue weighted by atomic mass is 127. The van der Waals surface area contributed by atoms with Gasteiger partial charge in [0.05, 0.1) is 56.5 Å². The van der Waals surface area contributed by atoms with E-state index in [4.69, 9.17) is 10.8 Å². The minimum absolute atomic E-state index is 0. The molecule has 5 aromatic rings. The summed E-state index contributed by atoms with van der Waals surface area (Å²) in [5, 5.41) is 8.94. The van der Waals surface area contributed by atoms with E-state index in [9.17, 15) is 14.0 Å². The van der Waals surface area contributed by atoms with Crippen molar-refractivity contribution in [1.29, 1.82) is 0 Å². The van der Waals surface area contributed by atoms with E-state index < -0.39 is 7.15 Å². The Morgan fingerprint density at radius 2 is 1.42 bits per heavy atom. The smallest absolute Gasteiger partial charge is 0.293 e. The number of allylic oxidation sites excluding steroid dienone is 9. The average Bonchev–Trinajstić information content (AvgIpc) is 3.70. The van der Waals surface area contributed by atoms with Crippen LogP contribution in [0.25, 0.3) is 10.8 Å². The Hall–Kier alpha value is -6.39. The predicted octanol–water partition coefficient (Wildman–Crippen LogP) is 6.18. The van der Waals surface area contributed by atoms with Gasteiger partial charge in [-0.25, -0.2) is 4.99 Å². The molecule has 69 heavy (non-hydrogen) atoms. The molecule has 0 aromatic heterocycles. The van der Waals surface area contributed by atoms with E-state index in [0.717, 1.165) is 28.5 Å². The van der Waals surface area contributed by atoms with Crippen LogP contribution in [0.1, 0.15) is 34.6 Å². The summed E-state index contributed by atoms with van der Waals surface area (Å²) in [6.45, 7) is 16.1. The van der Waals surface area contributed by atoms with E-state index in [0.29, 0.717) is 39.2 Å². The number of anilines is 2. The lowest BCUT2D eigenvalue weighted by molar-refractivity contribution is -0.440. The van der Waals surface area contributed by atoms with Gasteiger partial charge in [-0.1, -0.05) is 85.4 Å². The molecule has 12 heteroatoms. The molecule has 0 atom stereocenters. The summed E-state index contributed by atoms with van der Waals surface area (Å²) in [6, 6.07) is 42.7. The van der Waals surface area contributed by atoms with Crippen LogP contribution in [0.4, 0.5) is 27.1 Å². The van der Waals surface area contributed by atoms with Crippen LogP contribution in [0.15, 0.2) is 204 Å². The molecule has 2 heterocycles. The van der Waals surface area contributed by atoms with Crippen LogP contribution in [-0.4, -0.2) is 67.9 Å². The van der Waals surface area contributed by atoms with E-state index in [2.05, 4.69) is 139 Å². The summed E-state index contributed by atoms with van der Waals surface area (Å²) in [6.07, 6.45) is 18.5. The van der Waals surface area contributed by atoms with Gasteiger partial charge in [0.15, 0.2) is 29.1 Å². The van der Waals surface area contributed by atoms with Gasteiger partial charge in [-0.15, -0.1) is 0 Å². The first-order chi connectivity index (χ1) is 33.1. The molecule has 0 unspecified atom stereocenters. The number of carbonyl (C=O) groups excluding carboxylic acids is 2. The molecule has 2 aliphatic heterocycles. The van der Waals surface area contributed by atoms with E-state index >= 15 is 0 Å². The number of hydrogen-bond donors (Lipinski definition) is 2. The molecule has 0 amide bonds. The predicted molar refractivity (Wildman–Crippen MR) is 272 cm³/mol. The van der Waals surface area contributed by atoms with Crippen molar-refractivity contribution in [2.75, 3.05) is 44.1 Å².